The SMILES string of the molecule is CC1(NC(=O)CCc2nc3ccccc3n2-c2ccccc2)CC(O)C1. The van der Waals surface area contributed by atoms with Crippen molar-refractivity contribution in [1.29, 1.82) is 0 Å². The highest BCUT2D eigenvalue weighted by molar-refractivity contribution is 5.79. The number of aliphatic hydroxyl groups excluding tert-OH is 1. The summed E-state index contributed by atoms with van der Waals surface area (Å²) in [6.45, 7) is 1.98. The number of aromatic nitrogens is 2. The third-order valence-electron chi connectivity index (χ3n) is 5.03. The van der Waals surface area contributed by atoms with Gasteiger partial charge in [-0.3, -0.25) is 9.36 Å². The first-order chi connectivity index (χ1) is 12.5. The van der Waals surface area contributed by atoms with E-state index in [1.54, 1.807) is 0 Å². The molecule has 1 aliphatic rings. The molecule has 3 aromatic rings. The minimum Gasteiger partial charge on any atom is -0.393 e. The van der Waals surface area contributed by atoms with Crippen LogP contribution in [0.3, 0.4) is 0 Å². The van der Waals surface area contributed by atoms with E-state index in [2.05, 4.69) is 28.1 Å². The van der Waals surface area contributed by atoms with E-state index in [1.807, 2.05) is 43.3 Å². The van der Waals surface area contributed by atoms with Gasteiger partial charge >= 0.3 is 0 Å². The summed E-state index contributed by atoms with van der Waals surface area (Å²) in [6, 6.07) is 18.1. The Morgan fingerprint density at radius 2 is 1.88 bits per heavy atom. The van der Waals surface area contributed by atoms with Gasteiger partial charge in [0, 0.05) is 24.1 Å². The van der Waals surface area contributed by atoms with Crippen molar-refractivity contribution in [1.82, 2.24) is 14.9 Å². The highest BCUT2D eigenvalue weighted by Gasteiger charge is 2.40. The van der Waals surface area contributed by atoms with Gasteiger partial charge in [0.25, 0.3) is 0 Å². The molecule has 0 unspecified atom stereocenters. The van der Waals surface area contributed by atoms with Crippen LogP contribution in [0, 0.1) is 0 Å². The lowest BCUT2D eigenvalue weighted by Gasteiger charge is -2.43. The topological polar surface area (TPSA) is 67.2 Å². The molecule has 1 fully saturated rings. The third kappa shape index (κ3) is 3.22. The smallest absolute Gasteiger partial charge is 0.220 e. The number of para-hydroxylation sites is 3. The van der Waals surface area contributed by atoms with Crippen LogP contribution in [0.5, 0.6) is 0 Å². The molecule has 1 heterocycles. The summed E-state index contributed by atoms with van der Waals surface area (Å²) in [5, 5.41) is 12.5. The van der Waals surface area contributed by atoms with Crippen molar-refractivity contribution in [2.24, 2.45) is 0 Å². The molecule has 0 bridgehead atoms. The maximum atomic E-state index is 12.4. The molecule has 0 spiro atoms. The predicted octanol–water partition coefficient (Wildman–Crippen LogP) is 2.99. The van der Waals surface area contributed by atoms with Gasteiger partial charge in [-0.1, -0.05) is 30.3 Å². The minimum atomic E-state index is -0.289. The van der Waals surface area contributed by atoms with Crippen LogP contribution in [-0.2, 0) is 11.2 Å². The number of carbonyl (C=O) groups is 1. The molecule has 1 aliphatic carbocycles. The Hall–Kier alpha value is -2.66. The van der Waals surface area contributed by atoms with E-state index in [0.717, 1.165) is 22.5 Å². The molecule has 2 aromatic carbocycles. The van der Waals surface area contributed by atoms with Crippen molar-refractivity contribution < 1.29 is 9.90 Å². The number of hydrogen-bond acceptors (Lipinski definition) is 3. The van der Waals surface area contributed by atoms with Gasteiger partial charge in [-0.25, -0.2) is 4.98 Å². The van der Waals surface area contributed by atoms with Crippen molar-refractivity contribution >= 4 is 16.9 Å². The van der Waals surface area contributed by atoms with E-state index in [0.29, 0.717) is 25.7 Å². The normalized spacial score (nSPS) is 22.2. The first kappa shape index (κ1) is 16.8. The van der Waals surface area contributed by atoms with E-state index in [9.17, 15) is 9.90 Å². The fourth-order valence-electron chi connectivity index (χ4n) is 3.82. The van der Waals surface area contributed by atoms with Crippen LogP contribution in [-0.4, -0.2) is 32.2 Å². The first-order valence-electron chi connectivity index (χ1n) is 9.05. The van der Waals surface area contributed by atoms with Crippen molar-refractivity contribution in [2.75, 3.05) is 0 Å². The average molecular weight is 349 g/mol. The number of nitrogens with zero attached hydrogens (tertiary/aromatic N) is 2. The zero-order valence-electron chi connectivity index (χ0n) is 14.9. The van der Waals surface area contributed by atoms with Crippen LogP contribution in [0.15, 0.2) is 54.6 Å². The molecule has 26 heavy (non-hydrogen) atoms. The quantitative estimate of drug-likeness (QED) is 0.744. The fraction of sp³-hybridized carbons (Fsp3) is 0.333. The van der Waals surface area contributed by atoms with Gasteiger partial charge < -0.3 is 10.4 Å². The number of amides is 1. The number of carbonyl (C=O) groups excluding carboxylic acids is 1. The van der Waals surface area contributed by atoms with E-state index in [-0.39, 0.29) is 17.6 Å². The predicted molar refractivity (Wildman–Crippen MR) is 101 cm³/mol. The van der Waals surface area contributed by atoms with Crippen LogP contribution in [0.1, 0.15) is 32.0 Å². The largest absolute Gasteiger partial charge is 0.393 e. The maximum Gasteiger partial charge on any atom is 0.220 e. The Morgan fingerprint density at radius 1 is 1.19 bits per heavy atom. The van der Waals surface area contributed by atoms with Crippen LogP contribution >= 0.6 is 0 Å². The second kappa shape index (κ2) is 6.57. The molecule has 0 aliphatic heterocycles. The Labute approximate surface area is 152 Å². The molecule has 0 radical (unpaired) electrons. The lowest BCUT2D eigenvalue weighted by molar-refractivity contribution is -0.125. The number of benzene rings is 2. The number of nitrogens with one attached hydrogen (secondary N) is 1. The second-order valence-corrected chi connectivity index (χ2v) is 7.36. The van der Waals surface area contributed by atoms with Gasteiger partial charge in [-0.05, 0) is 44.0 Å². The summed E-state index contributed by atoms with van der Waals surface area (Å²) in [5.41, 5.74) is 2.76. The number of aliphatic hydroxyl groups is 1. The van der Waals surface area contributed by atoms with Gasteiger partial charge in [-0.15, -0.1) is 0 Å². The maximum absolute atomic E-state index is 12.4. The third-order valence-corrected chi connectivity index (χ3v) is 5.03. The standard InChI is InChI=1S/C21H23N3O2/c1-21(13-16(25)14-21)23-20(26)12-11-19-22-17-9-5-6-10-18(17)24(19)15-7-3-2-4-8-15/h2-10,16,25H,11-14H2,1H3,(H,23,26). The number of fused-ring (bicyclic) bond motifs is 1. The minimum absolute atomic E-state index is 0.00562. The molecule has 1 saturated carbocycles. The highest BCUT2D eigenvalue weighted by Crippen LogP contribution is 2.31. The lowest BCUT2D eigenvalue weighted by atomic mass is 9.76. The summed E-state index contributed by atoms with van der Waals surface area (Å²) < 4.78 is 2.12. The molecule has 134 valence electrons. The van der Waals surface area contributed by atoms with Gasteiger partial charge in [0.05, 0.1) is 17.1 Å². The lowest BCUT2D eigenvalue weighted by Crippen LogP contribution is -2.57. The first-order valence-corrected chi connectivity index (χ1v) is 9.05. The Morgan fingerprint density at radius 3 is 2.62 bits per heavy atom. The summed E-state index contributed by atoms with van der Waals surface area (Å²) in [6.07, 6.45) is 1.90. The molecule has 1 amide bonds. The van der Waals surface area contributed by atoms with Crippen molar-refractivity contribution in [2.45, 2.75) is 44.2 Å². The highest BCUT2D eigenvalue weighted by atomic mass is 16.3. The number of rotatable bonds is 5. The molecule has 5 heteroatoms. The molecule has 4 rings (SSSR count). The fourth-order valence-corrected chi connectivity index (χ4v) is 3.82. The van der Waals surface area contributed by atoms with Crippen LogP contribution in [0.2, 0.25) is 0 Å². The molecule has 0 saturated heterocycles. The Kier molecular flexibility index (Phi) is 4.24. The monoisotopic (exact) mass is 349 g/mol. The van der Waals surface area contributed by atoms with Crippen molar-refractivity contribution in [3.8, 4) is 5.69 Å². The Bertz CT molecular complexity index is 927. The molecule has 1 aromatic heterocycles. The molecule has 0 atom stereocenters. The molecular weight excluding hydrogens is 326 g/mol. The van der Waals surface area contributed by atoms with Gasteiger partial charge in [0.2, 0.25) is 5.91 Å². The summed E-state index contributed by atoms with van der Waals surface area (Å²) in [5.74, 6) is 0.886. The van der Waals surface area contributed by atoms with Crippen LogP contribution < -0.4 is 5.32 Å². The number of hydrogen-bond donors (Lipinski definition) is 2. The summed E-state index contributed by atoms with van der Waals surface area (Å²) in [7, 11) is 0. The van der Waals surface area contributed by atoms with E-state index >= 15 is 0 Å². The summed E-state index contributed by atoms with van der Waals surface area (Å²) >= 11 is 0. The van der Waals surface area contributed by atoms with Gasteiger partial charge in [0.1, 0.15) is 5.82 Å². The van der Waals surface area contributed by atoms with Crippen LogP contribution in [0.25, 0.3) is 16.7 Å². The van der Waals surface area contributed by atoms with Crippen molar-refractivity contribution in [3.05, 3.63) is 60.4 Å². The number of imidazole rings is 1. The number of aryl methyl sites for hydroxylation is 1. The van der Waals surface area contributed by atoms with Crippen molar-refractivity contribution in [3.63, 3.8) is 0 Å². The second-order valence-electron chi connectivity index (χ2n) is 7.36. The van der Waals surface area contributed by atoms with E-state index in [4.69, 9.17) is 4.98 Å². The zero-order chi connectivity index (χ0) is 18.1. The molecule has 2 N–H and O–H groups in total. The Balaban J connectivity index is 1.56. The summed E-state index contributed by atoms with van der Waals surface area (Å²) in [4.78, 5) is 17.1. The van der Waals surface area contributed by atoms with Gasteiger partial charge in [0.15, 0.2) is 0 Å². The molecule has 5 nitrogen and oxygen atoms in total. The molecular formula is C21H23N3O2. The van der Waals surface area contributed by atoms with E-state index in [1.165, 1.54) is 0 Å². The zero-order valence-corrected chi connectivity index (χ0v) is 14.9. The van der Waals surface area contributed by atoms with Crippen LogP contribution in [0.4, 0.5) is 0 Å². The average Bonchev–Trinajstić information content (AvgIpc) is 2.98. The van der Waals surface area contributed by atoms with Gasteiger partial charge in [-0.2, -0.15) is 0 Å². The van der Waals surface area contributed by atoms with E-state index < -0.39 is 0 Å².